The van der Waals surface area contributed by atoms with Crippen LogP contribution in [0.5, 0.6) is 0 Å². The first-order valence-corrected chi connectivity index (χ1v) is 8.13. The van der Waals surface area contributed by atoms with Gasteiger partial charge in [-0.1, -0.05) is 12.8 Å². The highest BCUT2D eigenvalue weighted by Crippen LogP contribution is 2.24. The van der Waals surface area contributed by atoms with Crippen LogP contribution in [-0.2, 0) is 0 Å². The summed E-state index contributed by atoms with van der Waals surface area (Å²) in [6.45, 7) is 0.674. The number of nitrogens with one attached hydrogen (secondary N) is 3. The van der Waals surface area contributed by atoms with Crippen LogP contribution in [0, 0.1) is 0 Å². The average molecular weight is 317 g/mol. The van der Waals surface area contributed by atoms with Gasteiger partial charge in [0.2, 0.25) is 0 Å². The van der Waals surface area contributed by atoms with Gasteiger partial charge in [0.15, 0.2) is 5.69 Å². The van der Waals surface area contributed by atoms with E-state index >= 15 is 0 Å². The topological polar surface area (TPSA) is 86.5 Å². The first kappa shape index (κ1) is 14.9. The van der Waals surface area contributed by atoms with E-state index < -0.39 is 0 Å². The predicted molar refractivity (Wildman–Crippen MR) is 90.4 cm³/mol. The number of amides is 1. The number of aromatic amines is 2. The lowest BCUT2D eigenvalue weighted by Gasteiger charge is -2.03. The highest BCUT2D eigenvalue weighted by molar-refractivity contribution is 7.80. The van der Waals surface area contributed by atoms with Crippen molar-refractivity contribution in [3.8, 4) is 0 Å². The Hall–Kier alpha value is -2.02. The van der Waals surface area contributed by atoms with Crippen LogP contribution in [0.25, 0.3) is 21.8 Å². The van der Waals surface area contributed by atoms with Gasteiger partial charge in [0.1, 0.15) is 0 Å². The zero-order valence-corrected chi connectivity index (χ0v) is 13.1. The number of unbranched alkanes of at least 4 members (excludes halogenated alkanes) is 3. The Labute approximate surface area is 133 Å². The fourth-order valence-corrected chi connectivity index (χ4v) is 2.78. The number of carbonyl (C=O) groups is 1. The summed E-state index contributed by atoms with van der Waals surface area (Å²) < 4.78 is 0. The van der Waals surface area contributed by atoms with Crippen molar-refractivity contribution in [3.63, 3.8) is 0 Å². The second-order valence-electron chi connectivity index (χ2n) is 5.29. The van der Waals surface area contributed by atoms with Crippen molar-refractivity contribution in [2.24, 2.45) is 0 Å². The molecule has 3 aromatic rings. The summed E-state index contributed by atoms with van der Waals surface area (Å²) in [5.41, 5.74) is 2.20. The molecule has 3 N–H and O–H groups in total. The third-order valence-electron chi connectivity index (χ3n) is 3.74. The summed E-state index contributed by atoms with van der Waals surface area (Å²) >= 11 is 4.19. The lowest BCUT2D eigenvalue weighted by Crippen LogP contribution is -2.25. The second-order valence-corrected chi connectivity index (χ2v) is 5.73. The fourth-order valence-electron chi connectivity index (χ4n) is 2.56. The Morgan fingerprint density at radius 1 is 1.14 bits per heavy atom. The van der Waals surface area contributed by atoms with Crippen molar-refractivity contribution in [1.29, 1.82) is 0 Å². The molecule has 0 saturated heterocycles. The molecule has 0 saturated carbocycles. The molecule has 0 fully saturated rings. The molecule has 6 nitrogen and oxygen atoms in total. The molecule has 0 radical (unpaired) electrons. The molecule has 2 heterocycles. The Morgan fingerprint density at radius 3 is 2.86 bits per heavy atom. The number of carbonyl (C=O) groups excluding carboxylic acids is 1. The number of nitrogens with zero attached hydrogens (tertiary/aromatic N) is 2. The van der Waals surface area contributed by atoms with Gasteiger partial charge in [-0.15, -0.1) is 0 Å². The van der Waals surface area contributed by atoms with E-state index in [1.807, 2.05) is 12.1 Å². The number of thiol groups is 1. The molecule has 0 aliphatic rings. The molecule has 116 valence electrons. The van der Waals surface area contributed by atoms with Crippen molar-refractivity contribution < 1.29 is 4.79 Å². The SMILES string of the molecule is O=C(NCCCCCCS)c1n[nH]c2c1ccc1[nH]ncc12. The van der Waals surface area contributed by atoms with Crippen molar-refractivity contribution in [2.45, 2.75) is 25.7 Å². The van der Waals surface area contributed by atoms with Gasteiger partial charge >= 0.3 is 0 Å². The van der Waals surface area contributed by atoms with Crippen LogP contribution in [0.4, 0.5) is 0 Å². The summed E-state index contributed by atoms with van der Waals surface area (Å²) in [5, 5.41) is 18.7. The highest BCUT2D eigenvalue weighted by atomic mass is 32.1. The summed E-state index contributed by atoms with van der Waals surface area (Å²) in [5.74, 6) is 0.789. The summed E-state index contributed by atoms with van der Waals surface area (Å²) in [7, 11) is 0. The molecule has 2 aromatic heterocycles. The van der Waals surface area contributed by atoms with Crippen molar-refractivity contribution >= 4 is 40.3 Å². The molecular formula is C15H19N5OS. The van der Waals surface area contributed by atoms with Crippen molar-refractivity contribution in [3.05, 3.63) is 24.0 Å². The van der Waals surface area contributed by atoms with E-state index in [9.17, 15) is 4.79 Å². The largest absolute Gasteiger partial charge is 0.351 e. The Kier molecular flexibility index (Phi) is 4.62. The van der Waals surface area contributed by atoms with E-state index in [0.29, 0.717) is 12.2 Å². The molecule has 1 amide bonds. The fraction of sp³-hybridized carbons (Fsp3) is 0.400. The maximum absolute atomic E-state index is 12.3. The smallest absolute Gasteiger partial charge is 0.272 e. The van der Waals surface area contributed by atoms with E-state index in [1.165, 1.54) is 0 Å². The molecule has 0 aliphatic carbocycles. The van der Waals surface area contributed by atoms with Crippen LogP contribution in [0.15, 0.2) is 18.3 Å². The number of rotatable bonds is 7. The maximum Gasteiger partial charge on any atom is 0.272 e. The number of fused-ring (bicyclic) bond motifs is 3. The van der Waals surface area contributed by atoms with Crippen LogP contribution in [0.3, 0.4) is 0 Å². The van der Waals surface area contributed by atoms with Gasteiger partial charge in [0.25, 0.3) is 5.91 Å². The minimum absolute atomic E-state index is 0.136. The van der Waals surface area contributed by atoms with E-state index in [0.717, 1.165) is 53.2 Å². The van der Waals surface area contributed by atoms with Crippen LogP contribution in [-0.4, -0.2) is 38.6 Å². The van der Waals surface area contributed by atoms with Gasteiger partial charge in [-0.05, 0) is 30.7 Å². The van der Waals surface area contributed by atoms with Crippen LogP contribution in [0.2, 0.25) is 0 Å². The molecule has 0 aliphatic heterocycles. The molecule has 0 spiro atoms. The summed E-state index contributed by atoms with van der Waals surface area (Å²) in [6, 6.07) is 3.80. The molecule has 0 unspecified atom stereocenters. The monoisotopic (exact) mass is 317 g/mol. The van der Waals surface area contributed by atoms with Crippen LogP contribution in [0.1, 0.15) is 36.2 Å². The van der Waals surface area contributed by atoms with Gasteiger partial charge < -0.3 is 5.32 Å². The first-order valence-electron chi connectivity index (χ1n) is 7.50. The average Bonchev–Trinajstić information content (AvgIpc) is 3.15. The molecule has 1 aromatic carbocycles. The number of benzene rings is 1. The van der Waals surface area contributed by atoms with Crippen LogP contribution < -0.4 is 5.32 Å². The van der Waals surface area contributed by atoms with Crippen molar-refractivity contribution in [1.82, 2.24) is 25.7 Å². The number of H-pyrrole nitrogens is 2. The zero-order valence-electron chi connectivity index (χ0n) is 12.2. The highest BCUT2D eigenvalue weighted by Gasteiger charge is 2.15. The Bertz CT molecular complexity index is 779. The third-order valence-corrected chi connectivity index (χ3v) is 4.06. The van der Waals surface area contributed by atoms with Gasteiger partial charge in [0, 0.05) is 17.3 Å². The summed E-state index contributed by atoms with van der Waals surface area (Å²) in [6.07, 6.45) is 6.11. The second kappa shape index (κ2) is 6.83. The normalized spacial score (nSPS) is 11.3. The van der Waals surface area contributed by atoms with Gasteiger partial charge in [-0.2, -0.15) is 22.8 Å². The lowest BCUT2D eigenvalue weighted by atomic mass is 10.1. The van der Waals surface area contributed by atoms with Crippen molar-refractivity contribution in [2.75, 3.05) is 12.3 Å². The first-order chi connectivity index (χ1) is 10.8. The van der Waals surface area contributed by atoms with E-state index in [-0.39, 0.29) is 5.91 Å². The minimum Gasteiger partial charge on any atom is -0.351 e. The number of hydrogen-bond acceptors (Lipinski definition) is 4. The standard InChI is InChI=1S/C15H19N5OS/c21-15(16-7-3-1-2-4-8-22)14-10-5-6-12-11(9-17-18-12)13(10)19-20-14/h5-6,9,22H,1-4,7-8H2,(H,16,21)(H,17,18)(H,19,20). The quantitative estimate of drug-likeness (QED) is 0.399. The predicted octanol–water partition coefficient (Wildman–Crippen LogP) is 2.66. The Balaban J connectivity index is 1.66. The molecule has 0 bridgehead atoms. The van der Waals surface area contributed by atoms with Gasteiger partial charge in [0.05, 0.1) is 17.2 Å². The summed E-state index contributed by atoms with van der Waals surface area (Å²) in [4.78, 5) is 12.3. The van der Waals surface area contributed by atoms with Gasteiger partial charge in [-0.3, -0.25) is 15.0 Å². The molecule has 3 rings (SSSR count). The number of hydrogen-bond donors (Lipinski definition) is 4. The maximum atomic E-state index is 12.3. The third kappa shape index (κ3) is 2.94. The van der Waals surface area contributed by atoms with Crippen LogP contribution >= 0.6 is 12.6 Å². The number of aromatic nitrogens is 4. The van der Waals surface area contributed by atoms with E-state index in [4.69, 9.17) is 0 Å². The molecular weight excluding hydrogens is 298 g/mol. The molecule has 22 heavy (non-hydrogen) atoms. The van der Waals surface area contributed by atoms with E-state index in [1.54, 1.807) is 6.20 Å². The van der Waals surface area contributed by atoms with Gasteiger partial charge in [-0.25, -0.2) is 0 Å². The molecule has 0 atom stereocenters. The zero-order chi connectivity index (χ0) is 15.4. The minimum atomic E-state index is -0.136. The molecule has 7 heteroatoms. The lowest BCUT2D eigenvalue weighted by molar-refractivity contribution is 0.0949. The van der Waals surface area contributed by atoms with E-state index in [2.05, 4.69) is 38.3 Å². The Morgan fingerprint density at radius 2 is 2.00 bits per heavy atom.